The van der Waals surface area contributed by atoms with Crippen LogP contribution in [0.5, 0.6) is 0 Å². The second-order valence-corrected chi connectivity index (χ2v) is 7.35. The Balaban J connectivity index is 1.42. The van der Waals surface area contributed by atoms with Gasteiger partial charge in [0.2, 0.25) is 0 Å². The van der Waals surface area contributed by atoms with Gasteiger partial charge in [-0.1, -0.05) is 65.5 Å². The molecule has 2 saturated carbocycles. The summed E-state index contributed by atoms with van der Waals surface area (Å²) in [6.45, 7) is 0. The van der Waals surface area contributed by atoms with E-state index in [1.165, 1.54) is 37.7 Å². The van der Waals surface area contributed by atoms with Crippen molar-refractivity contribution in [1.82, 2.24) is 0 Å². The van der Waals surface area contributed by atoms with Crippen LogP contribution < -0.4 is 0 Å². The maximum absolute atomic E-state index is 3.84. The zero-order valence-electron chi connectivity index (χ0n) is 11.0. The molecule has 0 aromatic heterocycles. The molecular formula is C17H23Br. The zero-order chi connectivity index (χ0) is 12.4. The summed E-state index contributed by atoms with van der Waals surface area (Å²) in [4.78, 5) is 0.553. The lowest BCUT2D eigenvalue weighted by Gasteiger charge is -2.22. The second-order valence-electron chi connectivity index (χ2n) is 6.24. The Morgan fingerprint density at radius 1 is 1.11 bits per heavy atom. The van der Waals surface area contributed by atoms with E-state index >= 15 is 0 Å². The first-order valence-corrected chi connectivity index (χ1v) is 8.43. The Hall–Kier alpha value is -0.300. The van der Waals surface area contributed by atoms with Crippen LogP contribution in [-0.2, 0) is 0 Å². The highest BCUT2D eigenvalue weighted by Crippen LogP contribution is 2.50. The predicted octanol–water partition coefficient (Wildman–Crippen LogP) is 5.73. The number of alkyl halides is 1. The van der Waals surface area contributed by atoms with E-state index in [0.717, 1.165) is 17.8 Å². The molecule has 2 aliphatic carbocycles. The van der Waals surface area contributed by atoms with Gasteiger partial charge in [-0.05, 0) is 49.0 Å². The van der Waals surface area contributed by atoms with Crippen LogP contribution in [0.15, 0.2) is 30.3 Å². The maximum atomic E-state index is 3.84. The highest BCUT2D eigenvalue weighted by molar-refractivity contribution is 9.09. The van der Waals surface area contributed by atoms with E-state index in [2.05, 4.69) is 46.3 Å². The van der Waals surface area contributed by atoms with Crippen LogP contribution in [0.3, 0.4) is 0 Å². The highest BCUT2D eigenvalue weighted by atomic mass is 79.9. The average Bonchev–Trinajstić information content (AvgIpc) is 3.02. The maximum Gasteiger partial charge on any atom is 0.0395 e. The smallest absolute Gasteiger partial charge is 0.0395 e. The van der Waals surface area contributed by atoms with Gasteiger partial charge in [0.05, 0.1) is 0 Å². The average molecular weight is 307 g/mol. The molecule has 2 fully saturated rings. The first kappa shape index (κ1) is 12.7. The molecule has 4 atom stereocenters. The van der Waals surface area contributed by atoms with Crippen LogP contribution in [0.25, 0.3) is 0 Å². The molecule has 4 unspecified atom stereocenters. The van der Waals surface area contributed by atoms with Crippen molar-refractivity contribution in [2.24, 2.45) is 17.8 Å². The summed E-state index contributed by atoms with van der Waals surface area (Å²) in [5, 5.41) is 0. The van der Waals surface area contributed by atoms with Crippen molar-refractivity contribution < 1.29 is 0 Å². The third-order valence-corrected chi connectivity index (χ3v) is 6.06. The van der Waals surface area contributed by atoms with Crippen LogP contribution in [0, 0.1) is 17.8 Å². The van der Waals surface area contributed by atoms with Crippen molar-refractivity contribution >= 4 is 15.9 Å². The van der Waals surface area contributed by atoms with E-state index in [4.69, 9.17) is 0 Å². The quantitative estimate of drug-likeness (QED) is 0.609. The Bertz CT molecular complexity index is 372. The Kier molecular flexibility index (Phi) is 4.08. The van der Waals surface area contributed by atoms with Gasteiger partial charge in [0.15, 0.2) is 0 Å². The fourth-order valence-corrected chi connectivity index (χ4v) is 4.75. The van der Waals surface area contributed by atoms with Crippen LogP contribution in [0.4, 0.5) is 0 Å². The van der Waals surface area contributed by atoms with Crippen molar-refractivity contribution in [2.75, 3.05) is 0 Å². The molecule has 0 heterocycles. The van der Waals surface area contributed by atoms with Crippen molar-refractivity contribution in [1.29, 1.82) is 0 Å². The van der Waals surface area contributed by atoms with Crippen LogP contribution >= 0.6 is 15.9 Å². The van der Waals surface area contributed by atoms with Crippen LogP contribution in [0.1, 0.15) is 55.3 Å². The van der Waals surface area contributed by atoms with Crippen LogP contribution in [-0.4, -0.2) is 0 Å². The summed E-state index contributed by atoms with van der Waals surface area (Å²) >= 11 is 3.84. The minimum atomic E-state index is 0.553. The lowest BCUT2D eigenvalue weighted by molar-refractivity contribution is 0.306. The highest BCUT2D eigenvalue weighted by Gasteiger charge is 2.38. The minimum absolute atomic E-state index is 0.553. The number of benzene rings is 1. The summed E-state index contributed by atoms with van der Waals surface area (Å²) in [6, 6.07) is 10.8. The molecule has 2 bridgehead atoms. The SMILES string of the molecule is BrC(CCCC1CC2CCC1C2)c1ccccc1. The van der Waals surface area contributed by atoms with Gasteiger partial charge < -0.3 is 0 Å². The van der Waals surface area contributed by atoms with E-state index in [-0.39, 0.29) is 0 Å². The third kappa shape index (κ3) is 2.82. The number of hydrogen-bond donors (Lipinski definition) is 0. The monoisotopic (exact) mass is 306 g/mol. The van der Waals surface area contributed by atoms with Crippen molar-refractivity contribution in [2.45, 2.75) is 49.8 Å². The summed E-state index contributed by atoms with van der Waals surface area (Å²) in [5.74, 6) is 3.27. The van der Waals surface area contributed by atoms with Gasteiger partial charge in [-0.2, -0.15) is 0 Å². The summed E-state index contributed by atoms with van der Waals surface area (Å²) in [7, 11) is 0. The molecule has 18 heavy (non-hydrogen) atoms. The summed E-state index contributed by atoms with van der Waals surface area (Å²) in [5.41, 5.74) is 1.44. The van der Waals surface area contributed by atoms with E-state index in [9.17, 15) is 0 Å². The standard InChI is InChI=1S/C17H23Br/c18-17(14-5-2-1-3-6-14)8-4-7-15-11-13-9-10-16(15)12-13/h1-3,5-6,13,15-17H,4,7-12H2. The van der Waals surface area contributed by atoms with Crippen molar-refractivity contribution in [3.63, 3.8) is 0 Å². The number of fused-ring (bicyclic) bond motifs is 2. The molecule has 0 N–H and O–H groups in total. The first-order chi connectivity index (χ1) is 8.83. The van der Waals surface area contributed by atoms with Crippen LogP contribution in [0.2, 0.25) is 0 Å². The molecule has 0 spiro atoms. The van der Waals surface area contributed by atoms with Gasteiger partial charge in [-0.3, -0.25) is 0 Å². The molecule has 1 aromatic carbocycles. The van der Waals surface area contributed by atoms with Gasteiger partial charge in [0, 0.05) is 4.83 Å². The van der Waals surface area contributed by atoms with Gasteiger partial charge in [0.1, 0.15) is 0 Å². The molecule has 0 radical (unpaired) electrons. The third-order valence-electron chi connectivity index (χ3n) is 5.08. The molecule has 2 aliphatic rings. The van der Waals surface area contributed by atoms with Gasteiger partial charge >= 0.3 is 0 Å². The molecule has 0 amide bonds. The van der Waals surface area contributed by atoms with Crippen molar-refractivity contribution in [3.05, 3.63) is 35.9 Å². The van der Waals surface area contributed by atoms with E-state index in [0.29, 0.717) is 4.83 Å². The molecule has 1 heteroatoms. The van der Waals surface area contributed by atoms with Gasteiger partial charge in [-0.25, -0.2) is 0 Å². The molecule has 3 rings (SSSR count). The Labute approximate surface area is 119 Å². The normalized spacial score (nSPS) is 31.7. The summed E-state index contributed by atoms with van der Waals surface area (Å²) in [6.07, 6.45) is 10.3. The second kappa shape index (κ2) is 5.77. The fraction of sp³-hybridized carbons (Fsp3) is 0.647. The van der Waals surface area contributed by atoms with Gasteiger partial charge in [-0.15, -0.1) is 0 Å². The molecule has 98 valence electrons. The number of hydrogen-bond acceptors (Lipinski definition) is 0. The molecule has 0 nitrogen and oxygen atoms in total. The Morgan fingerprint density at radius 3 is 2.61 bits per heavy atom. The topological polar surface area (TPSA) is 0 Å². The minimum Gasteiger partial charge on any atom is -0.0839 e. The Morgan fingerprint density at radius 2 is 1.94 bits per heavy atom. The first-order valence-electron chi connectivity index (χ1n) is 7.52. The largest absolute Gasteiger partial charge is 0.0839 e. The predicted molar refractivity (Wildman–Crippen MR) is 80.9 cm³/mol. The molecule has 1 aromatic rings. The molecule has 0 saturated heterocycles. The van der Waals surface area contributed by atoms with E-state index < -0.39 is 0 Å². The zero-order valence-corrected chi connectivity index (χ0v) is 12.6. The van der Waals surface area contributed by atoms with E-state index in [1.54, 1.807) is 12.8 Å². The molecule has 0 aliphatic heterocycles. The molecular weight excluding hydrogens is 284 g/mol. The van der Waals surface area contributed by atoms with Crippen molar-refractivity contribution in [3.8, 4) is 0 Å². The lowest BCUT2D eigenvalue weighted by atomic mass is 9.85. The lowest BCUT2D eigenvalue weighted by Crippen LogP contribution is -2.10. The number of rotatable bonds is 5. The number of halogens is 1. The van der Waals surface area contributed by atoms with E-state index in [1.807, 2.05) is 0 Å². The fourth-order valence-electron chi connectivity index (χ4n) is 4.12. The van der Waals surface area contributed by atoms with Gasteiger partial charge in [0.25, 0.3) is 0 Å². The summed E-state index contributed by atoms with van der Waals surface area (Å²) < 4.78 is 0.